The minimum Gasteiger partial charge on any atom is -0.478 e. The fourth-order valence-electron chi connectivity index (χ4n) is 2.02. The Morgan fingerprint density at radius 2 is 1.83 bits per heavy atom. The molecule has 6 nitrogen and oxygen atoms in total. The van der Waals surface area contributed by atoms with E-state index in [9.17, 15) is 14.9 Å². The molecule has 0 aromatic heterocycles. The van der Waals surface area contributed by atoms with E-state index >= 15 is 0 Å². The lowest BCUT2D eigenvalue weighted by atomic mass is 10.1. The van der Waals surface area contributed by atoms with Crippen LogP contribution in [0.3, 0.4) is 0 Å². The number of aryl methyl sites for hydroxylation is 1. The van der Waals surface area contributed by atoms with E-state index in [0.717, 1.165) is 0 Å². The van der Waals surface area contributed by atoms with Gasteiger partial charge in [-0.3, -0.25) is 14.9 Å². The monoisotopic (exact) mass is 348 g/mol. The predicted molar refractivity (Wildman–Crippen MR) is 92.6 cm³/mol. The van der Waals surface area contributed by atoms with Crippen molar-refractivity contribution in [2.24, 2.45) is 0 Å². The van der Waals surface area contributed by atoms with Gasteiger partial charge in [0.25, 0.3) is 11.6 Å². The molecule has 0 aliphatic rings. The van der Waals surface area contributed by atoms with E-state index in [2.05, 4.69) is 5.32 Å². The smallest absolute Gasteiger partial charge is 0.269 e. The third-order valence-corrected chi connectivity index (χ3v) is 3.65. The highest BCUT2D eigenvalue weighted by Crippen LogP contribution is 2.25. The first-order valence-corrected chi connectivity index (χ1v) is 7.58. The van der Waals surface area contributed by atoms with Crippen molar-refractivity contribution in [1.29, 1.82) is 0 Å². The number of amides is 1. The number of carbonyl (C=O) groups is 1. The van der Waals surface area contributed by atoms with Crippen LogP contribution in [0.5, 0.6) is 5.75 Å². The van der Waals surface area contributed by atoms with Crippen LogP contribution in [-0.2, 0) is 4.79 Å². The van der Waals surface area contributed by atoms with Crippen molar-refractivity contribution < 1.29 is 14.5 Å². The first-order chi connectivity index (χ1) is 11.2. The maximum atomic E-state index is 12.5. The summed E-state index contributed by atoms with van der Waals surface area (Å²) in [5.41, 5.74) is -0.0670. The lowest BCUT2D eigenvalue weighted by Gasteiger charge is -2.25. The van der Waals surface area contributed by atoms with Gasteiger partial charge in [0, 0.05) is 22.8 Å². The second kappa shape index (κ2) is 6.88. The minimum atomic E-state index is -1.14. The second-order valence-electron chi connectivity index (χ2n) is 5.78. The zero-order chi connectivity index (χ0) is 17.9. The van der Waals surface area contributed by atoms with Crippen molar-refractivity contribution in [2.75, 3.05) is 5.32 Å². The van der Waals surface area contributed by atoms with Gasteiger partial charge >= 0.3 is 0 Å². The normalized spacial score (nSPS) is 11.0. The number of carbonyl (C=O) groups excluding carboxylic acids is 1. The number of nitrogens with one attached hydrogen (secondary N) is 1. The lowest BCUT2D eigenvalue weighted by Crippen LogP contribution is -2.42. The van der Waals surface area contributed by atoms with E-state index in [-0.39, 0.29) is 11.6 Å². The summed E-state index contributed by atoms with van der Waals surface area (Å²) in [5.74, 6) is 0.148. The van der Waals surface area contributed by atoms with Gasteiger partial charge in [-0.1, -0.05) is 11.6 Å². The van der Waals surface area contributed by atoms with Crippen LogP contribution in [0.2, 0.25) is 5.02 Å². The number of halogens is 1. The van der Waals surface area contributed by atoms with Crippen LogP contribution in [0.1, 0.15) is 19.4 Å². The molecule has 0 saturated heterocycles. The summed E-state index contributed by atoms with van der Waals surface area (Å²) in [4.78, 5) is 22.8. The number of rotatable bonds is 5. The van der Waals surface area contributed by atoms with Gasteiger partial charge in [-0.2, -0.15) is 0 Å². The van der Waals surface area contributed by atoms with Crippen molar-refractivity contribution in [3.63, 3.8) is 0 Å². The average molecular weight is 349 g/mol. The first kappa shape index (κ1) is 17.7. The molecule has 2 rings (SSSR count). The van der Waals surface area contributed by atoms with E-state index in [1.807, 2.05) is 0 Å². The van der Waals surface area contributed by atoms with Crippen LogP contribution >= 0.6 is 11.6 Å². The third-order valence-electron chi connectivity index (χ3n) is 3.40. The molecule has 1 amide bonds. The average Bonchev–Trinajstić information content (AvgIpc) is 2.51. The quantitative estimate of drug-likeness (QED) is 0.643. The Labute approximate surface area is 144 Å². The molecule has 1 N–H and O–H groups in total. The van der Waals surface area contributed by atoms with E-state index in [1.54, 1.807) is 45.0 Å². The molecule has 0 atom stereocenters. The number of anilines is 1. The Balaban J connectivity index is 2.12. The highest BCUT2D eigenvalue weighted by molar-refractivity contribution is 6.30. The molecule has 2 aromatic rings. The van der Waals surface area contributed by atoms with Gasteiger partial charge < -0.3 is 10.1 Å². The number of hydrogen-bond donors (Lipinski definition) is 1. The standard InChI is InChI=1S/C17H17ClN2O4/c1-11-10-13(20(22)23)6-9-15(11)19-16(21)17(2,3)24-14-7-4-12(18)5-8-14/h4-10H,1-3H3,(H,19,21). The Morgan fingerprint density at radius 1 is 1.21 bits per heavy atom. The molecule has 0 spiro atoms. The number of benzene rings is 2. The third kappa shape index (κ3) is 4.23. The molecule has 0 bridgehead atoms. The Morgan fingerprint density at radius 3 is 2.38 bits per heavy atom. The van der Waals surface area contributed by atoms with Gasteiger partial charge in [0.15, 0.2) is 5.60 Å². The van der Waals surface area contributed by atoms with Crippen LogP contribution in [-0.4, -0.2) is 16.4 Å². The van der Waals surface area contributed by atoms with E-state index in [0.29, 0.717) is 22.0 Å². The highest BCUT2D eigenvalue weighted by Gasteiger charge is 2.30. The summed E-state index contributed by atoms with van der Waals surface area (Å²) in [6.45, 7) is 4.96. The van der Waals surface area contributed by atoms with Gasteiger partial charge in [0.05, 0.1) is 4.92 Å². The maximum absolute atomic E-state index is 12.5. The van der Waals surface area contributed by atoms with Gasteiger partial charge in [0.2, 0.25) is 0 Å². The highest BCUT2D eigenvalue weighted by atomic mass is 35.5. The molecule has 0 unspecified atom stereocenters. The predicted octanol–water partition coefficient (Wildman–Crippen LogP) is 4.35. The molecule has 7 heteroatoms. The maximum Gasteiger partial charge on any atom is 0.269 e. The SMILES string of the molecule is Cc1cc([N+](=O)[O-])ccc1NC(=O)C(C)(C)Oc1ccc(Cl)cc1. The molecule has 24 heavy (non-hydrogen) atoms. The summed E-state index contributed by atoms with van der Waals surface area (Å²) in [7, 11) is 0. The minimum absolute atomic E-state index is 0.0258. The van der Waals surface area contributed by atoms with Crippen LogP contribution in [0, 0.1) is 17.0 Å². The molecular formula is C17H17ClN2O4. The van der Waals surface area contributed by atoms with E-state index < -0.39 is 10.5 Å². The topological polar surface area (TPSA) is 81.5 Å². The van der Waals surface area contributed by atoms with Gasteiger partial charge in [-0.05, 0) is 56.7 Å². The van der Waals surface area contributed by atoms with Crippen LogP contribution in [0.15, 0.2) is 42.5 Å². The number of ether oxygens (including phenoxy) is 1. The molecule has 0 fully saturated rings. The van der Waals surface area contributed by atoms with Crippen LogP contribution in [0.4, 0.5) is 11.4 Å². The molecule has 126 valence electrons. The number of nitro benzene ring substituents is 1. The zero-order valence-corrected chi connectivity index (χ0v) is 14.3. The molecule has 0 radical (unpaired) electrons. The summed E-state index contributed by atoms with van der Waals surface area (Å²) in [5, 5.41) is 14.1. The Kier molecular flexibility index (Phi) is 5.09. The van der Waals surface area contributed by atoms with Crippen molar-refractivity contribution in [2.45, 2.75) is 26.4 Å². The fraction of sp³-hybridized carbons (Fsp3) is 0.235. The largest absolute Gasteiger partial charge is 0.478 e. The molecule has 2 aromatic carbocycles. The van der Waals surface area contributed by atoms with Gasteiger partial charge in [-0.25, -0.2) is 0 Å². The van der Waals surface area contributed by atoms with Gasteiger partial charge in [-0.15, -0.1) is 0 Å². The zero-order valence-electron chi connectivity index (χ0n) is 13.5. The summed E-state index contributed by atoms with van der Waals surface area (Å²) >= 11 is 5.82. The Hall–Kier alpha value is -2.60. The Bertz CT molecular complexity index is 773. The first-order valence-electron chi connectivity index (χ1n) is 7.20. The second-order valence-corrected chi connectivity index (χ2v) is 6.21. The molecular weight excluding hydrogens is 332 g/mol. The van der Waals surface area contributed by atoms with Crippen LogP contribution < -0.4 is 10.1 Å². The van der Waals surface area contributed by atoms with Crippen molar-refractivity contribution in [1.82, 2.24) is 0 Å². The summed E-state index contributed by atoms with van der Waals surface area (Å²) in [6, 6.07) is 10.9. The van der Waals surface area contributed by atoms with Crippen molar-refractivity contribution >= 4 is 28.9 Å². The van der Waals surface area contributed by atoms with E-state index in [1.165, 1.54) is 18.2 Å². The number of non-ortho nitro benzene ring substituents is 1. The number of nitro groups is 1. The summed E-state index contributed by atoms with van der Waals surface area (Å²) in [6.07, 6.45) is 0. The van der Waals surface area contributed by atoms with Crippen molar-refractivity contribution in [3.05, 3.63) is 63.2 Å². The lowest BCUT2D eigenvalue weighted by molar-refractivity contribution is -0.384. The molecule has 0 aliphatic heterocycles. The fourth-order valence-corrected chi connectivity index (χ4v) is 2.14. The molecule has 0 heterocycles. The van der Waals surface area contributed by atoms with Crippen molar-refractivity contribution in [3.8, 4) is 5.75 Å². The molecule has 0 saturated carbocycles. The van der Waals surface area contributed by atoms with Crippen LogP contribution in [0.25, 0.3) is 0 Å². The van der Waals surface area contributed by atoms with E-state index in [4.69, 9.17) is 16.3 Å². The number of hydrogen-bond acceptors (Lipinski definition) is 4. The number of nitrogens with zero attached hydrogens (tertiary/aromatic N) is 1. The van der Waals surface area contributed by atoms with Gasteiger partial charge in [0.1, 0.15) is 5.75 Å². The molecule has 0 aliphatic carbocycles. The summed E-state index contributed by atoms with van der Waals surface area (Å²) < 4.78 is 5.71.